The zero-order valence-electron chi connectivity index (χ0n) is 10.0. The first-order valence-corrected chi connectivity index (χ1v) is 5.59. The van der Waals surface area contributed by atoms with E-state index in [-0.39, 0.29) is 0 Å². The van der Waals surface area contributed by atoms with Gasteiger partial charge in [-0.25, -0.2) is 0 Å². The number of hydrogen-bond donors (Lipinski definition) is 5. The molecule has 4 atom stereocenters. The molecule has 0 saturated carbocycles. The fourth-order valence-electron chi connectivity index (χ4n) is 1.28. The lowest BCUT2D eigenvalue weighted by molar-refractivity contribution is -0.0820. The van der Waals surface area contributed by atoms with Crippen LogP contribution in [0, 0.1) is 0 Å². The number of nitrogens with one attached hydrogen (secondary N) is 1. The molecule has 0 radical (unpaired) electrons. The van der Waals surface area contributed by atoms with Crippen molar-refractivity contribution in [1.82, 2.24) is 0 Å². The number of aliphatic hydroxyl groups is 4. The van der Waals surface area contributed by atoms with Gasteiger partial charge in [0.1, 0.15) is 18.3 Å². The number of benzene rings is 1. The van der Waals surface area contributed by atoms with Crippen molar-refractivity contribution in [2.45, 2.75) is 31.3 Å². The Hall–Kier alpha value is -1.47. The number of rotatable bonds is 6. The van der Waals surface area contributed by atoms with Gasteiger partial charge in [0.25, 0.3) is 0 Å². The fraction of sp³-hybridized carbons (Fsp3) is 0.417. The molecule has 0 spiro atoms. The van der Waals surface area contributed by atoms with Crippen LogP contribution in [0.25, 0.3) is 0 Å². The molecular weight excluding hydrogens is 236 g/mol. The van der Waals surface area contributed by atoms with E-state index in [0.717, 1.165) is 11.9 Å². The maximum atomic E-state index is 9.50. The van der Waals surface area contributed by atoms with Gasteiger partial charge >= 0.3 is 0 Å². The molecule has 0 aliphatic carbocycles. The second-order valence-electron chi connectivity index (χ2n) is 3.97. The van der Waals surface area contributed by atoms with Crippen LogP contribution in [-0.2, 0) is 0 Å². The van der Waals surface area contributed by atoms with Crippen LogP contribution in [0.3, 0.4) is 0 Å². The average molecular weight is 254 g/mol. The summed E-state index contributed by atoms with van der Waals surface area (Å²) in [4.78, 5) is 0. The zero-order valence-corrected chi connectivity index (χ0v) is 10.0. The highest BCUT2D eigenvalue weighted by molar-refractivity contribution is 5.65. The van der Waals surface area contributed by atoms with E-state index in [2.05, 4.69) is 10.5 Å². The quantitative estimate of drug-likeness (QED) is 0.349. The first-order valence-electron chi connectivity index (χ1n) is 5.59. The molecule has 0 saturated heterocycles. The molecule has 6 nitrogen and oxygen atoms in total. The van der Waals surface area contributed by atoms with E-state index in [9.17, 15) is 15.3 Å². The smallest absolute Gasteiger partial charge is 0.119 e. The molecule has 5 N–H and O–H groups in total. The topological polar surface area (TPSA) is 105 Å². The Bertz CT molecular complexity index is 370. The van der Waals surface area contributed by atoms with Crippen LogP contribution in [-0.4, -0.2) is 51.1 Å². The van der Waals surface area contributed by atoms with Crippen LogP contribution in [0.15, 0.2) is 35.4 Å². The lowest BCUT2D eigenvalue weighted by Gasteiger charge is -2.22. The zero-order chi connectivity index (χ0) is 13.5. The Kier molecular flexibility index (Phi) is 5.73. The first-order chi connectivity index (χ1) is 8.52. The van der Waals surface area contributed by atoms with Crippen LogP contribution >= 0.6 is 0 Å². The molecule has 0 aliphatic heterocycles. The Balaban J connectivity index is 2.47. The van der Waals surface area contributed by atoms with Crippen LogP contribution in [0.5, 0.6) is 0 Å². The highest BCUT2D eigenvalue weighted by atomic mass is 16.4. The summed E-state index contributed by atoms with van der Waals surface area (Å²) in [6.07, 6.45) is -4.37. The van der Waals surface area contributed by atoms with Crippen molar-refractivity contribution in [2.75, 3.05) is 5.43 Å². The summed E-state index contributed by atoms with van der Waals surface area (Å²) in [7, 11) is 0. The molecule has 0 heterocycles. The van der Waals surface area contributed by atoms with Gasteiger partial charge in [0.05, 0.1) is 18.0 Å². The van der Waals surface area contributed by atoms with Crippen LogP contribution in [0.4, 0.5) is 5.69 Å². The Morgan fingerprint density at radius 1 is 1.06 bits per heavy atom. The molecule has 1 rings (SSSR count). The Morgan fingerprint density at radius 3 is 2.22 bits per heavy atom. The van der Waals surface area contributed by atoms with E-state index < -0.39 is 24.4 Å². The summed E-state index contributed by atoms with van der Waals surface area (Å²) in [5.74, 6) is 0. The van der Waals surface area contributed by atoms with Crippen molar-refractivity contribution in [3.8, 4) is 0 Å². The molecule has 0 fully saturated rings. The predicted molar refractivity (Wildman–Crippen MR) is 68.3 cm³/mol. The van der Waals surface area contributed by atoms with E-state index >= 15 is 0 Å². The molecule has 100 valence electrons. The summed E-state index contributed by atoms with van der Waals surface area (Å²) in [5.41, 5.74) is 3.38. The van der Waals surface area contributed by atoms with E-state index in [1.807, 2.05) is 18.2 Å². The van der Waals surface area contributed by atoms with Gasteiger partial charge in [-0.3, -0.25) is 5.43 Å². The SMILES string of the molecule is C[C@@H](O)[C@H](O)[C@H](O)[C@@H](O)/C=N/Nc1ccccc1. The minimum absolute atomic E-state index is 0.728. The monoisotopic (exact) mass is 254 g/mol. The number of hydrogen-bond acceptors (Lipinski definition) is 6. The maximum Gasteiger partial charge on any atom is 0.119 e. The van der Waals surface area contributed by atoms with Crippen molar-refractivity contribution >= 4 is 11.9 Å². The second-order valence-corrected chi connectivity index (χ2v) is 3.97. The van der Waals surface area contributed by atoms with E-state index in [0.29, 0.717) is 0 Å². The van der Waals surface area contributed by atoms with Gasteiger partial charge in [0.2, 0.25) is 0 Å². The van der Waals surface area contributed by atoms with Gasteiger partial charge in [-0.15, -0.1) is 0 Å². The summed E-state index contributed by atoms with van der Waals surface area (Å²) in [5, 5.41) is 41.1. The highest BCUT2D eigenvalue weighted by Gasteiger charge is 2.26. The fourth-order valence-corrected chi connectivity index (χ4v) is 1.28. The van der Waals surface area contributed by atoms with Gasteiger partial charge < -0.3 is 20.4 Å². The maximum absolute atomic E-state index is 9.50. The average Bonchev–Trinajstić information content (AvgIpc) is 2.38. The molecule has 0 aliphatic rings. The largest absolute Gasteiger partial charge is 0.391 e. The first kappa shape index (κ1) is 14.6. The Morgan fingerprint density at radius 2 is 1.67 bits per heavy atom. The molecule has 1 aromatic rings. The molecule has 6 heteroatoms. The van der Waals surface area contributed by atoms with Gasteiger partial charge in [0, 0.05) is 0 Å². The minimum atomic E-state index is -1.49. The van der Waals surface area contributed by atoms with Crippen molar-refractivity contribution in [2.24, 2.45) is 5.10 Å². The van der Waals surface area contributed by atoms with Crippen molar-refractivity contribution < 1.29 is 20.4 Å². The van der Waals surface area contributed by atoms with Crippen LogP contribution in [0.1, 0.15) is 6.92 Å². The van der Waals surface area contributed by atoms with E-state index in [1.165, 1.54) is 6.92 Å². The van der Waals surface area contributed by atoms with Gasteiger partial charge in [-0.05, 0) is 19.1 Å². The molecule has 0 aromatic heterocycles. The van der Waals surface area contributed by atoms with Crippen LogP contribution in [0.2, 0.25) is 0 Å². The normalized spacial score (nSPS) is 18.3. The summed E-state index contributed by atoms with van der Waals surface area (Å²) < 4.78 is 0. The number of hydrazone groups is 1. The third-order valence-corrected chi connectivity index (χ3v) is 2.39. The summed E-state index contributed by atoms with van der Waals surface area (Å²) >= 11 is 0. The van der Waals surface area contributed by atoms with Crippen molar-refractivity contribution in [3.05, 3.63) is 30.3 Å². The number of aliphatic hydroxyl groups excluding tert-OH is 4. The van der Waals surface area contributed by atoms with E-state index in [1.54, 1.807) is 12.1 Å². The van der Waals surface area contributed by atoms with Crippen molar-refractivity contribution in [1.29, 1.82) is 0 Å². The third kappa shape index (κ3) is 4.42. The minimum Gasteiger partial charge on any atom is -0.391 e. The van der Waals surface area contributed by atoms with Crippen LogP contribution < -0.4 is 5.43 Å². The van der Waals surface area contributed by atoms with Gasteiger partial charge in [0.15, 0.2) is 0 Å². The predicted octanol–water partition coefficient (Wildman–Crippen LogP) is -0.452. The second kappa shape index (κ2) is 7.07. The number of anilines is 1. The van der Waals surface area contributed by atoms with Gasteiger partial charge in [-0.1, -0.05) is 18.2 Å². The summed E-state index contributed by atoms with van der Waals surface area (Å²) in [6, 6.07) is 9.06. The van der Waals surface area contributed by atoms with Gasteiger partial charge in [-0.2, -0.15) is 5.10 Å². The number of nitrogens with zero attached hydrogens (tertiary/aromatic N) is 1. The standard InChI is InChI=1S/C12H18N2O4/c1-8(15)11(17)12(18)10(16)7-13-14-9-5-3-2-4-6-9/h2-8,10-12,14-18H,1H3/b13-7+/t8-,10+,11+,12-/m1/s1. The molecule has 0 unspecified atom stereocenters. The third-order valence-electron chi connectivity index (χ3n) is 2.39. The molecule has 1 aromatic carbocycles. The van der Waals surface area contributed by atoms with Crippen molar-refractivity contribution in [3.63, 3.8) is 0 Å². The lowest BCUT2D eigenvalue weighted by Crippen LogP contribution is -2.44. The summed E-state index contributed by atoms with van der Waals surface area (Å²) in [6.45, 7) is 1.32. The molecular formula is C12H18N2O4. The molecule has 0 bridgehead atoms. The number of para-hydroxylation sites is 1. The molecule has 18 heavy (non-hydrogen) atoms. The Labute approximate surface area is 105 Å². The van der Waals surface area contributed by atoms with E-state index in [4.69, 9.17) is 5.11 Å². The lowest BCUT2D eigenvalue weighted by atomic mass is 10.1. The highest BCUT2D eigenvalue weighted by Crippen LogP contribution is 2.06. The molecule has 0 amide bonds.